The van der Waals surface area contributed by atoms with Crippen LogP contribution in [0.1, 0.15) is 24.0 Å². The monoisotopic (exact) mass is 226 g/mol. The summed E-state index contributed by atoms with van der Waals surface area (Å²) >= 11 is 0. The third kappa shape index (κ3) is 2.73. The van der Waals surface area contributed by atoms with Gasteiger partial charge >= 0.3 is 0 Å². The first-order valence-electron chi connectivity index (χ1n) is 5.89. The second-order valence-corrected chi connectivity index (χ2v) is 4.25. The second-order valence-electron chi connectivity index (χ2n) is 4.25. The highest BCUT2D eigenvalue weighted by atomic mass is 15.2. The third-order valence-corrected chi connectivity index (χ3v) is 3.08. The van der Waals surface area contributed by atoms with Crippen LogP contribution < -0.4 is 11.3 Å². The predicted molar refractivity (Wildman–Crippen MR) is 71.5 cm³/mol. The van der Waals surface area contributed by atoms with Crippen molar-refractivity contribution < 1.29 is 0 Å². The molecule has 0 aliphatic carbocycles. The molecule has 0 amide bonds. The van der Waals surface area contributed by atoms with Gasteiger partial charge in [-0.2, -0.15) is 0 Å². The lowest BCUT2D eigenvalue weighted by Gasteiger charge is -2.24. The van der Waals surface area contributed by atoms with Crippen molar-refractivity contribution in [3.8, 4) is 0 Å². The lowest BCUT2D eigenvalue weighted by molar-refractivity contribution is 0.515. The molecule has 2 aromatic rings. The number of hydrogen-bond donors (Lipinski definition) is 2. The zero-order valence-electron chi connectivity index (χ0n) is 10.0. The highest BCUT2D eigenvalue weighted by molar-refractivity contribution is 5.33. The molecule has 2 aromatic carbocycles. The van der Waals surface area contributed by atoms with Crippen molar-refractivity contribution in [3.63, 3.8) is 0 Å². The molecule has 88 valence electrons. The summed E-state index contributed by atoms with van der Waals surface area (Å²) in [6.07, 6.45) is 0. The Balaban J connectivity index is 2.39. The van der Waals surface area contributed by atoms with E-state index in [0.29, 0.717) is 0 Å². The van der Waals surface area contributed by atoms with Gasteiger partial charge < -0.3 is 0 Å². The van der Waals surface area contributed by atoms with Gasteiger partial charge in [0.15, 0.2) is 0 Å². The average molecular weight is 226 g/mol. The Morgan fingerprint density at radius 2 is 1.24 bits per heavy atom. The van der Waals surface area contributed by atoms with Crippen molar-refractivity contribution >= 4 is 0 Å². The molecule has 0 saturated heterocycles. The Hall–Kier alpha value is -1.64. The maximum absolute atomic E-state index is 5.60. The number of nitrogens with two attached hydrogens (primary N) is 1. The first-order chi connectivity index (χ1) is 8.33. The van der Waals surface area contributed by atoms with E-state index >= 15 is 0 Å². The summed E-state index contributed by atoms with van der Waals surface area (Å²) in [7, 11) is 0. The summed E-state index contributed by atoms with van der Waals surface area (Å²) < 4.78 is 0. The highest BCUT2D eigenvalue weighted by Crippen LogP contribution is 2.27. The molecule has 0 fully saturated rings. The van der Waals surface area contributed by atoms with Crippen LogP contribution in [0.15, 0.2) is 60.7 Å². The fraction of sp³-hybridized carbons (Fsp3) is 0.200. The van der Waals surface area contributed by atoms with Crippen LogP contribution in [0.2, 0.25) is 0 Å². The highest BCUT2D eigenvalue weighted by Gasteiger charge is 2.19. The van der Waals surface area contributed by atoms with Crippen molar-refractivity contribution in [2.24, 2.45) is 5.84 Å². The van der Waals surface area contributed by atoms with Crippen LogP contribution in [0.4, 0.5) is 0 Å². The molecular weight excluding hydrogens is 208 g/mol. The molecule has 1 atom stereocenters. The van der Waals surface area contributed by atoms with Gasteiger partial charge in [-0.3, -0.25) is 11.3 Å². The van der Waals surface area contributed by atoms with Crippen LogP contribution in [-0.4, -0.2) is 6.04 Å². The van der Waals surface area contributed by atoms with Crippen molar-refractivity contribution in [1.29, 1.82) is 0 Å². The van der Waals surface area contributed by atoms with E-state index in [2.05, 4.69) is 60.9 Å². The van der Waals surface area contributed by atoms with E-state index in [9.17, 15) is 0 Å². The van der Waals surface area contributed by atoms with E-state index in [4.69, 9.17) is 5.84 Å². The topological polar surface area (TPSA) is 38.0 Å². The molecule has 2 rings (SSSR count). The number of rotatable bonds is 4. The lowest BCUT2D eigenvalue weighted by atomic mass is 9.86. The van der Waals surface area contributed by atoms with Crippen molar-refractivity contribution in [3.05, 3.63) is 71.8 Å². The molecule has 3 N–H and O–H groups in total. The summed E-state index contributed by atoms with van der Waals surface area (Å²) in [6.45, 7) is 2.10. The first kappa shape index (κ1) is 11.8. The summed E-state index contributed by atoms with van der Waals surface area (Å²) in [5, 5.41) is 0. The van der Waals surface area contributed by atoms with Gasteiger partial charge in [0.1, 0.15) is 0 Å². The van der Waals surface area contributed by atoms with Gasteiger partial charge in [-0.05, 0) is 18.1 Å². The molecule has 0 aliphatic heterocycles. The summed E-state index contributed by atoms with van der Waals surface area (Å²) in [6, 6.07) is 21.1. The van der Waals surface area contributed by atoms with Gasteiger partial charge in [0.05, 0.1) is 0 Å². The number of hydrogen-bond acceptors (Lipinski definition) is 2. The minimum atomic E-state index is 0.194. The second kappa shape index (κ2) is 5.62. The van der Waals surface area contributed by atoms with Gasteiger partial charge in [-0.1, -0.05) is 60.7 Å². The Labute approximate surface area is 102 Å². The fourth-order valence-corrected chi connectivity index (χ4v) is 2.19. The Morgan fingerprint density at radius 3 is 1.59 bits per heavy atom. The summed E-state index contributed by atoms with van der Waals surface area (Å²) in [5.74, 6) is 5.88. The molecule has 0 radical (unpaired) electrons. The van der Waals surface area contributed by atoms with Crippen LogP contribution >= 0.6 is 0 Å². The molecule has 0 unspecified atom stereocenters. The van der Waals surface area contributed by atoms with Crippen LogP contribution in [0.25, 0.3) is 0 Å². The third-order valence-electron chi connectivity index (χ3n) is 3.08. The predicted octanol–water partition coefficient (Wildman–Crippen LogP) is 2.67. The minimum absolute atomic E-state index is 0.194. The quantitative estimate of drug-likeness (QED) is 0.621. The van der Waals surface area contributed by atoms with Gasteiger partial charge in [-0.15, -0.1) is 0 Å². The Kier molecular flexibility index (Phi) is 3.91. The molecule has 0 aliphatic rings. The van der Waals surface area contributed by atoms with Crippen molar-refractivity contribution in [2.75, 3.05) is 0 Å². The van der Waals surface area contributed by atoms with Gasteiger partial charge in [-0.25, -0.2) is 0 Å². The van der Waals surface area contributed by atoms with Crippen LogP contribution in [-0.2, 0) is 0 Å². The normalized spacial score (nSPS) is 12.6. The Bertz CT molecular complexity index is 399. The lowest BCUT2D eigenvalue weighted by Crippen LogP contribution is -2.37. The van der Waals surface area contributed by atoms with Gasteiger partial charge in [0, 0.05) is 12.0 Å². The summed E-state index contributed by atoms with van der Waals surface area (Å²) in [5.41, 5.74) is 5.43. The van der Waals surface area contributed by atoms with E-state index < -0.39 is 0 Å². The average Bonchev–Trinajstić information content (AvgIpc) is 2.41. The van der Waals surface area contributed by atoms with Crippen molar-refractivity contribution in [2.45, 2.75) is 18.9 Å². The molecule has 0 spiro atoms. The van der Waals surface area contributed by atoms with Crippen LogP contribution in [0.3, 0.4) is 0 Å². The molecule has 0 saturated carbocycles. The van der Waals surface area contributed by atoms with Gasteiger partial charge in [0.25, 0.3) is 0 Å². The fourth-order valence-electron chi connectivity index (χ4n) is 2.19. The summed E-state index contributed by atoms with van der Waals surface area (Å²) in [4.78, 5) is 0. The standard InChI is InChI=1S/C15H18N2/c1-12(17-16)15(13-8-4-2-5-9-13)14-10-6-3-7-11-14/h2-12,15,17H,16H2,1H3/t12-/m0/s1. The molecule has 2 heteroatoms. The van der Waals surface area contributed by atoms with Gasteiger partial charge in [0.2, 0.25) is 0 Å². The van der Waals surface area contributed by atoms with E-state index in [1.54, 1.807) is 0 Å². The molecule has 0 heterocycles. The molecule has 17 heavy (non-hydrogen) atoms. The molecule has 0 bridgehead atoms. The maximum atomic E-state index is 5.60. The zero-order valence-corrected chi connectivity index (χ0v) is 10.0. The van der Waals surface area contributed by atoms with Crippen LogP contribution in [0.5, 0.6) is 0 Å². The number of nitrogens with one attached hydrogen (secondary N) is 1. The van der Waals surface area contributed by atoms with E-state index in [1.807, 2.05) is 12.1 Å². The molecular formula is C15H18N2. The largest absolute Gasteiger partial charge is 0.271 e. The molecule has 0 aromatic heterocycles. The minimum Gasteiger partial charge on any atom is -0.271 e. The Morgan fingerprint density at radius 1 is 0.824 bits per heavy atom. The van der Waals surface area contributed by atoms with Crippen LogP contribution in [0, 0.1) is 0 Å². The van der Waals surface area contributed by atoms with Crippen molar-refractivity contribution in [1.82, 2.24) is 5.43 Å². The first-order valence-corrected chi connectivity index (χ1v) is 5.89. The SMILES string of the molecule is C[C@H](NN)C(c1ccccc1)c1ccccc1. The number of hydrazine groups is 1. The van der Waals surface area contributed by atoms with E-state index in [-0.39, 0.29) is 12.0 Å². The van der Waals surface area contributed by atoms with E-state index in [0.717, 1.165) is 0 Å². The zero-order chi connectivity index (χ0) is 12.1. The van der Waals surface area contributed by atoms with E-state index in [1.165, 1.54) is 11.1 Å². The molecule has 2 nitrogen and oxygen atoms in total. The maximum Gasteiger partial charge on any atom is 0.0291 e. The smallest absolute Gasteiger partial charge is 0.0291 e. The number of benzene rings is 2.